The number of carbonyl (C=O) groups excluding carboxylic acids is 1. The van der Waals surface area contributed by atoms with Crippen LogP contribution in [0.4, 0.5) is 9.39 Å². The fourth-order valence-electron chi connectivity index (χ4n) is 2.09. The molecule has 0 saturated carbocycles. The van der Waals surface area contributed by atoms with E-state index < -0.39 is 11.6 Å². The molecule has 0 aliphatic carbocycles. The number of nitrogen functional groups attached to an aromatic ring is 1. The van der Waals surface area contributed by atoms with E-state index >= 15 is 0 Å². The Balaban J connectivity index is 2.58. The Morgan fingerprint density at radius 1 is 1.29 bits per heavy atom. The van der Waals surface area contributed by atoms with Crippen LogP contribution in [0, 0.1) is 12.7 Å². The van der Waals surface area contributed by atoms with Crippen molar-refractivity contribution in [3.05, 3.63) is 40.5 Å². The SMILES string of the molecule is Cc1sc(N)c(C(=O)OC(C)(C)C)c1-c1ccccc1F. The standard InChI is InChI=1S/C16H18FNO2S/c1-9-12(10-7-5-6-8-11(10)17)13(14(18)21-9)15(19)20-16(2,3)4/h5-8H,18H2,1-4H3. The molecule has 0 unspecified atom stereocenters. The van der Waals surface area contributed by atoms with Gasteiger partial charge in [-0.2, -0.15) is 0 Å². The van der Waals surface area contributed by atoms with Gasteiger partial charge in [0.25, 0.3) is 0 Å². The van der Waals surface area contributed by atoms with Crippen molar-refractivity contribution in [2.24, 2.45) is 0 Å². The number of carbonyl (C=O) groups is 1. The monoisotopic (exact) mass is 307 g/mol. The van der Waals surface area contributed by atoms with Gasteiger partial charge in [0.2, 0.25) is 0 Å². The van der Waals surface area contributed by atoms with Gasteiger partial charge in [-0.05, 0) is 33.8 Å². The van der Waals surface area contributed by atoms with E-state index in [2.05, 4.69) is 0 Å². The summed E-state index contributed by atoms with van der Waals surface area (Å²) in [6.45, 7) is 7.16. The molecule has 1 aromatic carbocycles. The Bertz CT molecular complexity index is 686. The zero-order chi connectivity index (χ0) is 15.8. The van der Waals surface area contributed by atoms with Crippen LogP contribution in [0.2, 0.25) is 0 Å². The average molecular weight is 307 g/mol. The maximum absolute atomic E-state index is 14.1. The molecule has 0 amide bonds. The molecule has 2 aromatic rings. The topological polar surface area (TPSA) is 52.3 Å². The molecule has 2 rings (SSSR count). The van der Waals surface area contributed by atoms with E-state index in [0.717, 1.165) is 4.88 Å². The van der Waals surface area contributed by atoms with Crippen LogP contribution in [0.3, 0.4) is 0 Å². The molecule has 2 N–H and O–H groups in total. The third kappa shape index (κ3) is 3.24. The number of ether oxygens (including phenoxy) is 1. The molecular formula is C16H18FNO2S. The summed E-state index contributed by atoms with van der Waals surface area (Å²) in [5.41, 5.74) is 6.44. The van der Waals surface area contributed by atoms with Gasteiger partial charge in [-0.25, -0.2) is 9.18 Å². The highest BCUT2D eigenvalue weighted by Gasteiger charge is 2.27. The Hall–Kier alpha value is -1.88. The van der Waals surface area contributed by atoms with E-state index in [1.165, 1.54) is 17.4 Å². The van der Waals surface area contributed by atoms with Gasteiger partial charge in [0.15, 0.2) is 0 Å². The number of esters is 1. The third-order valence-electron chi connectivity index (χ3n) is 2.86. The summed E-state index contributed by atoms with van der Waals surface area (Å²) < 4.78 is 19.4. The van der Waals surface area contributed by atoms with Gasteiger partial charge in [-0.3, -0.25) is 0 Å². The van der Waals surface area contributed by atoms with Crippen molar-refractivity contribution in [3.8, 4) is 11.1 Å². The molecule has 0 bridgehead atoms. The minimum absolute atomic E-state index is 0.248. The zero-order valence-electron chi connectivity index (χ0n) is 12.5. The predicted molar refractivity (Wildman–Crippen MR) is 84.0 cm³/mol. The molecule has 0 spiro atoms. The van der Waals surface area contributed by atoms with Crippen molar-refractivity contribution in [2.45, 2.75) is 33.3 Å². The fraction of sp³-hybridized carbons (Fsp3) is 0.312. The van der Waals surface area contributed by atoms with Gasteiger partial charge >= 0.3 is 5.97 Å². The number of nitrogens with two attached hydrogens (primary N) is 1. The van der Waals surface area contributed by atoms with Crippen molar-refractivity contribution in [2.75, 3.05) is 5.73 Å². The molecule has 0 saturated heterocycles. The smallest absolute Gasteiger partial charge is 0.342 e. The zero-order valence-corrected chi connectivity index (χ0v) is 13.3. The highest BCUT2D eigenvalue weighted by Crippen LogP contribution is 2.40. The number of benzene rings is 1. The third-order valence-corrected chi connectivity index (χ3v) is 3.79. The molecule has 5 heteroatoms. The van der Waals surface area contributed by atoms with Crippen molar-refractivity contribution < 1.29 is 13.9 Å². The van der Waals surface area contributed by atoms with Gasteiger partial charge in [0.05, 0.1) is 0 Å². The summed E-state index contributed by atoms with van der Waals surface area (Å²) >= 11 is 1.26. The minimum Gasteiger partial charge on any atom is -0.456 e. The fourth-order valence-corrected chi connectivity index (χ4v) is 3.02. The number of hydrogen-bond donors (Lipinski definition) is 1. The Kier molecular flexibility index (Phi) is 4.05. The van der Waals surface area contributed by atoms with Crippen LogP contribution in [0.25, 0.3) is 11.1 Å². The largest absolute Gasteiger partial charge is 0.456 e. The summed E-state index contributed by atoms with van der Waals surface area (Å²) in [5.74, 6) is -0.911. The highest BCUT2D eigenvalue weighted by molar-refractivity contribution is 7.16. The Labute approximate surface area is 127 Å². The number of halogens is 1. The van der Waals surface area contributed by atoms with Gasteiger partial charge in [-0.1, -0.05) is 18.2 Å². The quantitative estimate of drug-likeness (QED) is 0.837. The van der Waals surface area contributed by atoms with Crippen molar-refractivity contribution in [1.29, 1.82) is 0 Å². The van der Waals surface area contributed by atoms with Crippen LogP contribution in [0.5, 0.6) is 0 Å². The van der Waals surface area contributed by atoms with Crippen LogP contribution in [0.1, 0.15) is 36.0 Å². The Morgan fingerprint density at radius 2 is 1.90 bits per heavy atom. The van der Waals surface area contributed by atoms with Crippen LogP contribution >= 0.6 is 11.3 Å². The first-order valence-corrected chi connectivity index (χ1v) is 7.39. The first kappa shape index (κ1) is 15.5. The summed E-state index contributed by atoms with van der Waals surface area (Å²) in [5, 5.41) is 0.347. The summed E-state index contributed by atoms with van der Waals surface area (Å²) in [7, 11) is 0. The molecule has 0 radical (unpaired) electrons. The summed E-state index contributed by atoms with van der Waals surface area (Å²) in [6, 6.07) is 6.33. The number of anilines is 1. The predicted octanol–water partition coefficient (Wildman–Crippen LogP) is 4.40. The molecule has 3 nitrogen and oxygen atoms in total. The molecular weight excluding hydrogens is 289 g/mol. The van der Waals surface area contributed by atoms with E-state index in [-0.39, 0.29) is 11.4 Å². The second kappa shape index (κ2) is 5.48. The second-order valence-corrected chi connectivity index (χ2v) is 7.01. The van der Waals surface area contributed by atoms with Crippen molar-refractivity contribution in [1.82, 2.24) is 0 Å². The normalized spacial score (nSPS) is 11.5. The second-order valence-electron chi connectivity index (χ2n) is 5.75. The van der Waals surface area contributed by atoms with Gasteiger partial charge in [0.1, 0.15) is 22.0 Å². The maximum Gasteiger partial charge on any atom is 0.342 e. The van der Waals surface area contributed by atoms with E-state index in [1.54, 1.807) is 39.0 Å². The lowest BCUT2D eigenvalue weighted by Crippen LogP contribution is -2.24. The van der Waals surface area contributed by atoms with Crippen LogP contribution in [0.15, 0.2) is 24.3 Å². The van der Waals surface area contributed by atoms with Gasteiger partial charge in [-0.15, -0.1) is 11.3 Å². The number of aryl methyl sites for hydroxylation is 1. The molecule has 21 heavy (non-hydrogen) atoms. The van der Waals surface area contributed by atoms with Crippen LogP contribution in [-0.2, 0) is 4.74 Å². The van der Waals surface area contributed by atoms with E-state index in [0.29, 0.717) is 16.1 Å². The molecule has 0 aliphatic rings. The number of rotatable bonds is 2. The molecule has 0 atom stereocenters. The summed E-state index contributed by atoms with van der Waals surface area (Å²) in [6.07, 6.45) is 0. The molecule has 0 aliphatic heterocycles. The molecule has 112 valence electrons. The minimum atomic E-state index is -0.633. The molecule has 1 aromatic heterocycles. The molecule has 0 fully saturated rings. The van der Waals surface area contributed by atoms with Gasteiger partial charge in [0, 0.05) is 16.0 Å². The van der Waals surface area contributed by atoms with Crippen LogP contribution < -0.4 is 5.73 Å². The van der Waals surface area contributed by atoms with E-state index in [9.17, 15) is 9.18 Å². The van der Waals surface area contributed by atoms with E-state index in [1.807, 2.05) is 6.92 Å². The first-order chi connectivity index (χ1) is 9.70. The van der Waals surface area contributed by atoms with Crippen molar-refractivity contribution in [3.63, 3.8) is 0 Å². The summed E-state index contributed by atoms with van der Waals surface area (Å²) in [4.78, 5) is 13.2. The lowest BCUT2D eigenvalue weighted by molar-refractivity contribution is 0.00721. The van der Waals surface area contributed by atoms with Crippen molar-refractivity contribution >= 4 is 22.3 Å². The average Bonchev–Trinajstić information content (AvgIpc) is 2.62. The lowest BCUT2D eigenvalue weighted by Gasteiger charge is -2.20. The Morgan fingerprint density at radius 3 is 2.48 bits per heavy atom. The van der Waals surface area contributed by atoms with E-state index in [4.69, 9.17) is 10.5 Å². The van der Waals surface area contributed by atoms with Gasteiger partial charge < -0.3 is 10.5 Å². The highest BCUT2D eigenvalue weighted by atomic mass is 32.1. The number of thiophene rings is 1. The molecule has 1 heterocycles. The number of hydrogen-bond acceptors (Lipinski definition) is 4. The lowest BCUT2D eigenvalue weighted by atomic mass is 10.0. The maximum atomic E-state index is 14.1. The van der Waals surface area contributed by atoms with Crippen LogP contribution in [-0.4, -0.2) is 11.6 Å². The first-order valence-electron chi connectivity index (χ1n) is 6.58.